The van der Waals surface area contributed by atoms with Crippen LogP contribution in [-0.4, -0.2) is 27.0 Å². The molecule has 0 bridgehead atoms. The molecule has 0 aliphatic carbocycles. The molecule has 2 N–H and O–H groups in total. The molecule has 0 aliphatic heterocycles. The third kappa shape index (κ3) is 2.30. The van der Waals surface area contributed by atoms with Gasteiger partial charge in [0.15, 0.2) is 0 Å². The number of nitrogens with zero attached hydrogens (tertiary/aromatic N) is 3. The molecule has 4 aromatic rings. The first-order valence-electron chi connectivity index (χ1n) is 7.67. The van der Waals surface area contributed by atoms with Crippen molar-refractivity contribution >= 4 is 44.1 Å². The molecule has 8 heteroatoms. The van der Waals surface area contributed by atoms with Crippen LogP contribution >= 0.6 is 15.9 Å². The van der Waals surface area contributed by atoms with Crippen molar-refractivity contribution in [3.05, 3.63) is 69.2 Å². The van der Waals surface area contributed by atoms with Crippen LogP contribution in [0.5, 0.6) is 0 Å². The van der Waals surface area contributed by atoms with Gasteiger partial charge in [0.1, 0.15) is 17.0 Å². The molecule has 0 atom stereocenters. The van der Waals surface area contributed by atoms with E-state index >= 15 is 0 Å². The average molecular weight is 413 g/mol. The maximum atomic E-state index is 13.2. The summed E-state index contributed by atoms with van der Waals surface area (Å²) in [6.07, 6.45) is 3.38. The van der Waals surface area contributed by atoms with Crippen LogP contribution in [0.2, 0.25) is 0 Å². The first-order valence-corrected chi connectivity index (χ1v) is 8.46. The molecule has 0 spiro atoms. The van der Waals surface area contributed by atoms with Crippen molar-refractivity contribution in [2.45, 2.75) is 0 Å². The van der Waals surface area contributed by atoms with Gasteiger partial charge in [-0.2, -0.15) is 0 Å². The molecule has 7 nitrogen and oxygen atoms in total. The van der Waals surface area contributed by atoms with Gasteiger partial charge in [0.2, 0.25) is 0 Å². The number of rotatable bonds is 2. The van der Waals surface area contributed by atoms with Crippen molar-refractivity contribution in [2.75, 3.05) is 12.8 Å². The minimum atomic E-state index is -0.774. The Balaban J connectivity index is 2.24. The first-order chi connectivity index (χ1) is 12.5. The molecule has 0 unspecified atom stereocenters. The molecular formula is C18H13BrN4O3. The van der Waals surface area contributed by atoms with Gasteiger partial charge >= 0.3 is 5.97 Å². The maximum Gasteiger partial charge on any atom is 0.345 e. The second-order valence-electron chi connectivity index (χ2n) is 5.62. The van der Waals surface area contributed by atoms with Gasteiger partial charge in [0.25, 0.3) is 5.56 Å². The molecule has 0 saturated carbocycles. The highest BCUT2D eigenvalue weighted by Crippen LogP contribution is 2.28. The number of imidazole rings is 1. The van der Waals surface area contributed by atoms with Crippen molar-refractivity contribution in [1.29, 1.82) is 0 Å². The van der Waals surface area contributed by atoms with E-state index in [-0.39, 0.29) is 11.3 Å². The molecule has 1 aromatic carbocycles. The number of carbonyl (C=O) groups is 1. The monoisotopic (exact) mass is 412 g/mol. The van der Waals surface area contributed by atoms with Gasteiger partial charge in [-0.3, -0.25) is 13.8 Å². The molecule has 0 amide bonds. The third-order valence-electron chi connectivity index (χ3n) is 4.20. The summed E-state index contributed by atoms with van der Waals surface area (Å²) in [5.41, 5.74) is 6.72. The average Bonchev–Trinajstić information content (AvgIpc) is 3.11. The number of pyridine rings is 2. The number of nitrogens with two attached hydrogens (primary N) is 1. The zero-order chi connectivity index (χ0) is 18.4. The lowest BCUT2D eigenvalue weighted by Crippen LogP contribution is -2.29. The van der Waals surface area contributed by atoms with E-state index in [9.17, 15) is 9.59 Å². The second kappa shape index (κ2) is 5.99. The molecule has 3 heterocycles. The summed E-state index contributed by atoms with van der Waals surface area (Å²) in [6.45, 7) is 0. The Morgan fingerprint density at radius 1 is 1.27 bits per heavy atom. The molecule has 3 aromatic heterocycles. The Kier molecular flexibility index (Phi) is 3.77. The zero-order valence-corrected chi connectivity index (χ0v) is 15.2. The fourth-order valence-corrected chi connectivity index (χ4v) is 3.38. The molecule has 0 aliphatic rings. The van der Waals surface area contributed by atoms with Crippen LogP contribution in [0.15, 0.2) is 58.1 Å². The molecule has 0 radical (unpaired) electrons. The molecular weight excluding hydrogens is 400 g/mol. The highest BCUT2D eigenvalue weighted by molar-refractivity contribution is 9.10. The predicted octanol–water partition coefficient (Wildman–Crippen LogP) is 2.77. The van der Waals surface area contributed by atoms with Crippen LogP contribution in [-0.2, 0) is 4.74 Å². The second-order valence-corrected chi connectivity index (χ2v) is 6.54. The smallest absolute Gasteiger partial charge is 0.345 e. The number of ether oxygens (including phenoxy) is 1. The normalized spacial score (nSPS) is 11.2. The van der Waals surface area contributed by atoms with Crippen LogP contribution in [0.25, 0.3) is 22.4 Å². The third-order valence-corrected chi connectivity index (χ3v) is 4.70. The number of hydrogen-bond acceptors (Lipinski definition) is 5. The number of carbonyl (C=O) groups excluding carboxylic acids is 1. The van der Waals surface area contributed by atoms with Gasteiger partial charge in [0, 0.05) is 22.3 Å². The van der Waals surface area contributed by atoms with E-state index in [0.717, 1.165) is 4.47 Å². The van der Waals surface area contributed by atoms with Gasteiger partial charge < -0.3 is 10.5 Å². The number of benzene rings is 1. The highest BCUT2D eigenvalue weighted by Gasteiger charge is 2.23. The molecule has 4 rings (SSSR count). The van der Waals surface area contributed by atoms with Gasteiger partial charge in [-0.1, -0.05) is 22.0 Å². The van der Waals surface area contributed by atoms with E-state index in [1.807, 2.05) is 6.07 Å². The van der Waals surface area contributed by atoms with Crippen molar-refractivity contribution in [3.63, 3.8) is 0 Å². The number of fused-ring (bicyclic) bond motifs is 2. The Labute approximate surface area is 155 Å². The van der Waals surface area contributed by atoms with Crippen molar-refractivity contribution in [3.8, 4) is 5.82 Å². The molecule has 0 saturated heterocycles. The summed E-state index contributed by atoms with van der Waals surface area (Å²) in [7, 11) is 1.22. The summed E-state index contributed by atoms with van der Waals surface area (Å²) in [5.74, 6) is -0.234. The Bertz CT molecular complexity index is 1240. The Morgan fingerprint density at radius 3 is 2.85 bits per heavy atom. The summed E-state index contributed by atoms with van der Waals surface area (Å²) in [5, 5.41) is 0.574. The van der Waals surface area contributed by atoms with E-state index in [0.29, 0.717) is 22.4 Å². The topological polar surface area (TPSA) is 91.6 Å². The van der Waals surface area contributed by atoms with E-state index in [4.69, 9.17) is 10.5 Å². The fourth-order valence-electron chi connectivity index (χ4n) is 3.03. The van der Waals surface area contributed by atoms with Crippen LogP contribution in [0.1, 0.15) is 10.4 Å². The Morgan fingerprint density at radius 2 is 2.08 bits per heavy atom. The lowest BCUT2D eigenvalue weighted by molar-refractivity contribution is 0.0600. The van der Waals surface area contributed by atoms with E-state index in [1.165, 1.54) is 11.7 Å². The first kappa shape index (κ1) is 16.3. The Hall–Kier alpha value is -3.13. The van der Waals surface area contributed by atoms with Gasteiger partial charge in [-0.15, -0.1) is 0 Å². The van der Waals surface area contributed by atoms with E-state index in [2.05, 4.69) is 20.9 Å². The zero-order valence-electron chi connectivity index (χ0n) is 13.6. The predicted molar refractivity (Wildman–Crippen MR) is 102 cm³/mol. The van der Waals surface area contributed by atoms with Crippen molar-refractivity contribution in [2.24, 2.45) is 0 Å². The van der Waals surface area contributed by atoms with Crippen LogP contribution in [0.3, 0.4) is 0 Å². The lowest BCUT2D eigenvalue weighted by atomic mass is 10.1. The molecule has 0 fully saturated rings. The summed E-state index contributed by atoms with van der Waals surface area (Å²) in [4.78, 5) is 29.7. The summed E-state index contributed by atoms with van der Waals surface area (Å²) in [6, 6.07) is 10.7. The van der Waals surface area contributed by atoms with Crippen LogP contribution in [0.4, 0.5) is 5.69 Å². The highest BCUT2D eigenvalue weighted by atomic mass is 79.9. The number of hydrogen-bond donors (Lipinski definition) is 1. The standard InChI is InChI=1S/C18H13BrN4O3/c1-26-18(25)15-16(20)11-6-5-10(19)9-12(11)23(17(15)24)14-4-2-3-13-21-7-8-22(13)14/h2-9H,20H2,1H3. The van der Waals surface area contributed by atoms with Crippen molar-refractivity contribution < 1.29 is 9.53 Å². The van der Waals surface area contributed by atoms with Crippen LogP contribution < -0.4 is 11.3 Å². The van der Waals surface area contributed by atoms with Gasteiger partial charge in [-0.05, 0) is 30.3 Å². The van der Waals surface area contributed by atoms with Crippen molar-refractivity contribution in [1.82, 2.24) is 14.0 Å². The number of methoxy groups -OCH3 is 1. The number of nitrogen functional groups attached to an aromatic ring is 1. The minimum absolute atomic E-state index is 0.0957. The quantitative estimate of drug-likeness (QED) is 0.511. The number of aromatic nitrogens is 3. The van der Waals surface area contributed by atoms with E-state index < -0.39 is 11.5 Å². The summed E-state index contributed by atoms with van der Waals surface area (Å²) >= 11 is 3.42. The minimum Gasteiger partial charge on any atom is -0.465 e. The lowest BCUT2D eigenvalue weighted by Gasteiger charge is -2.16. The molecule has 130 valence electrons. The number of esters is 1. The van der Waals surface area contributed by atoms with E-state index in [1.54, 1.807) is 47.1 Å². The van der Waals surface area contributed by atoms with Crippen LogP contribution in [0, 0.1) is 0 Å². The fraction of sp³-hybridized carbons (Fsp3) is 0.0556. The number of halogens is 1. The number of anilines is 1. The summed E-state index contributed by atoms with van der Waals surface area (Å²) < 4.78 is 8.76. The molecule has 26 heavy (non-hydrogen) atoms. The van der Waals surface area contributed by atoms with Gasteiger partial charge in [-0.25, -0.2) is 9.78 Å². The largest absolute Gasteiger partial charge is 0.465 e. The SMILES string of the molecule is COC(=O)c1c(N)c2ccc(Br)cc2n(-c2cccc3nccn23)c1=O. The van der Waals surface area contributed by atoms with Gasteiger partial charge in [0.05, 0.1) is 18.3 Å². The maximum absolute atomic E-state index is 13.2.